The van der Waals surface area contributed by atoms with E-state index in [1.165, 1.54) is 5.56 Å². The summed E-state index contributed by atoms with van der Waals surface area (Å²) in [4.78, 5) is 14.6. The number of carbonyl (C=O) groups is 1. The molecule has 0 aliphatic carbocycles. The van der Waals surface area contributed by atoms with E-state index in [1.807, 2.05) is 35.3 Å². The molecule has 0 bridgehead atoms. The second-order valence-electron chi connectivity index (χ2n) is 5.90. The van der Waals surface area contributed by atoms with E-state index in [9.17, 15) is 4.79 Å². The molecule has 0 N–H and O–H groups in total. The molecule has 2 heterocycles. The Labute approximate surface area is 146 Å². The third-order valence-corrected chi connectivity index (χ3v) is 4.79. The molecule has 24 heavy (non-hydrogen) atoms. The lowest BCUT2D eigenvalue weighted by atomic mass is 10.1. The van der Waals surface area contributed by atoms with Gasteiger partial charge < -0.3 is 4.90 Å². The Bertz CT molecular complexity index is 819. The van der Waals surface area contributed by atoms with Gasteiger partial charge in [-0.15, -0.1) is 0 Å². The Balaban J connectivity index is 1.88. The van der Waals surface area contributed by atoms with Crippen LogP contribution < -0.4 is 0 Å². The maximum absolute atomic E-state index is 12.8. The number of aryl methyl sites for hydroxylation is 1. The number of benzene rings is 1. The molecular formula is C19H21N3OS. The predicted molar refractivity (Wildman–Crippen MR) is 97.8 cm³/mol. The Kier molecular flexibility index (Phi) is 4.81. The highest BCUT2D eigenvalue weighted by atomic mass is 32.1. The average Bonchev–Trinajstić information content (AvgIpc) is 3.23. The molecule has 0 aliphatic heterocycles. The Morgan fingerprint density at radius 3 is 2.62 bits per heavy atom. The van der Waals surface area contributed by atoms with E-state index in [4.69, 9.17) is 0 Å². The van der Waals surface area contributed by atoms with Crippen LogP contribution in [0.4, 0.5) is 0 Å². The summed E-state index contributed by atoms with van der Waals surface area (Å²) < 4.78 is 1.87. The lowest BCUT2D eigenvalue weighted by molar-refractivity contribution is 0.0784. The fraction of sp³-hybridized carbons (Fsp3) is 0.263. The van der Waals surface area contributed by atoms with Crippen LogP contribution in [-0.4, -0.2) is 27.6 Å². The van der Waals surface area contributed by atoms with E-state index in [0.29, 0.717) is 12.1 Å². The molecule has 5 heteroatoms. The SMILES string of the molecule is CCc1c(C(=O)N(C)Cc2ccsc2)cnn1-c1ccc(C)cc1. The average molecular weight is 339 g/mol. The van der Waals surface area contributed by atoms with Crippen LogP contribution in [0.25, 0.3) is 5.69 Å². The summed E-state index contributed by atoms with van der Waals surface area (Å²) in [5, 5.41) is 8.56. The minimum absolute atomic E-state index is 0.0106. The number of amides is 1. The molecule has 0 fully saturated rings. The molecule has 1 amide bonds. The zero-order valence-electron chi connectivity index (χ0n) is 14.2. The third kappa shape index (κ3) is 3.26. The molecule has 1 aromatic carbocycles. The van der Waals surface area contributed by atoms with Gasteiger partial charge in [0, 0.05) is 13.6 Å². The maximum Gasteiger partial charge on any atom is 0.257 e. The van der Waals surface area contributed by atoms with Crippen molar-refractivity contribution in [2.45, 2.75) is 26.8 Å². The van der Waals surface area contributed by atoms with E-state index >= 15 is 0 Å². The first-order chi connectivity index (χ1) is 11.6. The van der Waals surface area contributed by atoms with Crippen molar-refractivity contribution in [3.63, 3.8) is 0 Å². The highest BCUT2D eigenvalue weighted by Crippen LogP contribution is 2.19. The lowest BCUT2D eigenvalue weighted by Crippen LogP contribution is -2.26. The molecule has 3 aromatic rings. The summed E-state index contributed by atoms with van der Waals surface area (Å²) in [5.74, 6) is 0.0106. The Morgan fingerprint density at radius 2 is 2.00 bits per heavy atom. The summed E-state index contributed by atoms with van der Waals surface area (Å²) in [6, 6.07) is 10.2. The fourth-order valence-electron chi connectivity index (χ4n) is 2.74. The van der Waals surface area contributed by atoms with Gasteiger partial charge in [-0.25, -0.2) is 4.68 Å². The molecule has 4 nitrogen and oxygen atoms in total. The first kappa shape index (κ1) is 16.5. The number of hydrogen-bond donors (Lipinski definition) is 0. The molecule has 0 saturated heterocycles. The summed E-state index contributed by atoms with van der Waals surface area (Å²) in [5.41, 5.74) is 4.96. The number of rotatable bonds is 5. The second kappa shape index (κ2) is 7.01. The van der Waals surface area contributed by atoms with E-state index in [0.717, 1.165) is 23.4 Å². The van der Waals surface area contributed by atoms with Gasteiger partial charge in [-0.2, -0.15) is 16.4 Å². The van der Waals surface area contributed by atoms with Crippen LogP contribution in [0.1, 0.15) is 34.1 Å². The highest BCUT2D eigenvalue weighted by molar-refractivity contribution is 7.07. The van der Waals surface area contributed by atoms with Crippen LogP contribution in [0.15, 0.2) is 47.3 Å². The van der Waals surface area contributed by atoms with Crippen molar-refractivity contribution in [3.05, 3.63) is 69.7 Å². The van der Waals surface area contributed by atoms with Crippen molar-refractivity contribution >= 4 is 17.2 Å². The smallest absolute Gasteiger partial charge is 0.257 e. The number of carbonyl (C=O) groups excluding carboxylic acids is 1. The Morgan fingerprint density at radius 1 is 1.25 bits per heavy atom. The van der Waals surface area contributed by atoms with E-state index in [2.05, 4.69) is 36.5 Å². The van der Waals surface area contributed by atoms with Crippen molar-refractivity contribution in [1.29, 1.82) is 0 Å². The molecule has 124 valence electrons. The number of aromatic nitrogens is 2. The van der Waals surface area contributed by atoms with E-state index in [1.54, 1.807) is 22.4 Å². The van der Waals surface area contributed by atoms with Gasteiger partial charge >= 0.3 is 0 Å². The van der Waals surface area contributed by atoms with Crippen LogP contribution in [0.5, 0.6) is 0 Å². The normalized spacial score (nSPS) is 10.8. The predicted octanol–water partition coefficient (Wildman–Crippen LogP) is 4.08. The van der Waals surface area contributed by atoms with Gasteiger partial charge in [-0.3, -0.25) is 4.79 Å². The zero-order valence-corrected chi connectivity index (χ0v) is 15.0. The van der Waals surface area contributed by atoms with Crippen molar-refractivity contribution in [2.75, 3.05) is 7.05 Å². The molecule has 0 spiro atoms. The fourth-order valence-corrected chi connectivity index (χ4v) is 3.39. The number of thiophene rings is 1. The van der Waals surface area contributed by atoms with Crippen molar-refractivity contribution in [1.82, 2.24) is 14.7 Å². The Hall–Kier alpha value is -2.40. The highest BCUT2D eigenvalue weighted by Gasteiger charge is 2.20. The molecule has 0 radical (unpaired) electrons. The standard InChI is InChI=1S/C19H21N3OS/c1-4-18-17(19(23)21(3)12-15-9-10-24-13-15)11-20-22(18)16-7-5-14(2)6-8-16/h5-11,13H,4,12H2,1-3H3. The second-order valence-corrected chi connectivity index (χ2v) is 6.68. The minimum Gasteiger partial charge on any atom is -0.337 e. The molecule has 0 atom stereocenters. The van der Waals surface area contributed by atoms with Crippen molar-refractivity contribution in [2.24, 2.45) is 0 Å². The van der Waals surface area contributed by atoms with Crippen LogP contribution >= 0.6 is 11.3 Å². The zero-order chi connectivity index (χ0) is 17.1. The van der Waals surface area contributed by atoms with E-state index < -0.39 is 0 Å². The first-order valence-corrected chi connectivity index (χ1v) is 8.95. The number of nitrogens with zero attached hydrogens (tertiary/aromatic N) is 3. The number of hydrogen-bond acceptors (Lipinski definition) is 3. The van der Waals surface area contributed by atoms with Gasteiger partial charge in [0.1, 0.15) is 0 Å². The van der Waals surface area contributed by atoms with Gasteiger partial charge in [0.05, 0.1) is 23.1 Å². The first-order valence-electron chi connectivity index (χ1n) is 8.00. The molecule has 0 saturated carbocycles. The largest absolute Gasteiger partial charge is 0.337 e. The third-order valence-electron chi connectivity index (χ3n) is 4.06. The van der Waals surface area contributed by atoms with Gasteiger partial charge in [0.2, 0.25) is 0 Å². The lowest BCUT2D eigenvalue weighted by Gasteiger charge is -2.17. The molecule has 3 rings (SSSR count). The van der Waals surface area contributed by atoms with Crippen LogP contribution in [0, 0.1) is 6.92 Å². The molecular weight excluding hydrogens is 318 g/mol. The van der Waals surface area contributed by atoms with Crippen molar-refractivity contribution < 1.29 is 4.79 Å². The summed E-state index contributed by atoms with van der Waals surface area (Å²) >= 11 is 1.64. The minimum atomic E-state index is 0.0106. The monoisotopic (exact) mass is 339 g/mol. The summed E-state index contributed by atoms with van der Waals surface area (Å²) in [6.45, 7) is 4.72. The van der Waals surface area contributed by atoms with Crippen LogP contribution in [0.2, 0.25) is 0 Å². The topological polar surface area (TPSA) is 38.1 Å². The van der Waals surface area contributed by atoms with Gasteiger partial charge in [0.15, 0.2) is 0 Å². The quantitative estimate of drug-likeness (QED) is 0.702. The summed E-state index contributed by atoms with van der Waals surface area (Å²) in [6.07, 6.45) is 2.44. The van der Waals surface area contributed by atoms with E-state index in [-0.39, 0.29) is 5.91 Å². The summed E-state index contributed by atoms with van der Waals surface area (Å²) in [7, 11) is 1.84. The molecule has 0 aliphatic rings. The maximum atomic E-state index is 12.8. The van der Waals surface area contributed by atoms with Gasteiger partial charge in [0.25, 0.3) is 5.91 Å². The van der Waals surface area contributed by atoms with Gasteiger partial charge in [-0.1, -0.05) is 24.6 Å². The van der Waals surface area contributed by atoms with Crippen molar-refractivity contribution in [3.8, 4) is 5.69 Å². The van der Waals surface area contributed by atoms with Crippen LogP contribution in [0.3, 0.4) is 0 Å². The molecule has 0 unspecified atom stereocenters. The van der Waals surface area contributed by atoms with Gasteiger partial charge in [-0.05, 0) is 47.9 Å². The molecule has 2 aromatic heterocycles. The van der Waals surface area contributed by atoms with Crippen LogP contribution in [-0.2, 0) is 13.0 Å².